The lowest BCUT2D eigenvalue weighted by molar-refractivity contribution is 0.213. The Morgan fingerprint density at radius 2 is 2.17 bits per heavy atom. The molecular formula is C12H19BrN4O. The van der Waals surface area contributed by atoms with Crippen LogP contribution < -0.4 is 10.6 Å². The van der Waals surface area contributed by atoms with E-state index in [2.05, 4.69) is 36.5 Å². The van der Waals surface area contributed by atoms with Crippen LogP contribution in [0.4, 0.5) is 11.8 Å². The van der Waals surface area contributed by atoms with Gasteiger partial charge < -0.3 is 15.7 Å². The molecule has 0 saturated heterocycles. The number of nitrogens with one attached hydrogen (secondary N) is 2. The molecule has 100 valence electrons. The third-order valence-electron chi connectivity index (χ3n) is 3.33. The Bertz CT molecular complexity index is 407. The second-order valence-corrected chi connectivity index (χ2v) is 5.55. The molecule has 0 unspecified atom stereocenters. The molecule has 1 aliphatic rings. The van der Waals surface area contributed by atoms with Crippen LogP contribution in [0.25, 0.3) is 0 Å². The van der Waals surface area contributed by atoms with Crippen LogP contribution >= 0.6 is 15.9 Å². The van der Waals surface area contributed by atoms with Crippen molar-refractivity contribution in [3.8, 4) is 0 Å². The second kappa shape index (κ2) is 5.84. The standard InChI is InChI=1S/C12H19BrN4O/c1-2-14-11-15-7-9(13)10(16-11)17-12(8-18)5-3-4-6-12/h7,18H,2-6,8H2,1H3,(H2,14,15,16,17). The van der Waals surface area contributed by atoms with Crippen molar-refractivity contribution in [3.63, 3.8) is 0 Å². The molecule has 0 aliphatic heterocycles. The molecule has 1 saturated carbocycles. The first-order valence-electron chi connectivity index (χ1n) is 6.34. The highest BCUT2D eigenvalue weighted by Gasteiger charge is 2.33. The molecule has 0 amide bonds. The zero-order chi connectivity index (χ0) is 13.0. The molecule has 0 spiro atoms. The number of aliphatic hydroxyl groups is 1. The monoisotopic (exact) mass is 314 g/mol. The van der Waals surface area contributed by atoms with Crippen LogP contribution in [0.2, 0.25) is 0 Å². The van der Waals surface area contributed by atoms with Gasteiger partial charge in [-0.1, -0.05) is 12.8 Å². The molecule has 6 heteroatoms. The summed E-state index contributed by atoms with van der Waals surface area (Å²) in [7, 11) is 0. The van der Waals surface area contributed by atoms with Gasteiger partial charge in [0.15, 0.2) is 0 Å². The Hall–Kier alpha value is -0.880. The van der Waals surface area contributed by atoms with Crippen molar-refractivity contribution in [1.29, 1.82) is 0 Å². The number of anilines is 2. The quantitative estimate of drug-likeness (QED) is 0.778. The van der Waals surface area contributed by atoms with Gasteiger partial charge >= 0.3 is 0 Å². The number of hydrogen-bond acceptors (Lipinski definition) is 5. The van der Waals surface area contributed by atoms with E-state index in [9.17, 15) is 5.11 Å². The summed E-state index contributed by atoms with van der Waals surface area (Å²) in [4.78, 5) is 8.61. The molecule has 18 heavy (non-hydrogen) atoms. The molecule has 1 aromatic heterocycles. The molecule has 5 nitrogen and oxygen atoms in total. The van der Waals surface area contributed by atoms with Crippen LogP contribution in [0.15, 0.2) is 10.7 Å². The van der Waals surface area contributed by atoms with Crippen molar-refractivity contribution < 1.29 is 5.11 Å². The van der Waals surface area contributed by atoms with E-state index in [1.165, 1.54) is 0 Å². The fourth-order valence-corrected chi connectivity index (χ4v) is 2.61. The number of aliphatic hydroxyl groups excluding tert-OH is 1. The zero-order valence-electron chi connectivity index (χ0n) is 10.5. The lowest BCUT2D eigenvalue weighted by Crippen LogP contribution is -2.39. The first-order valence-corrected chi connectivity index (χ1v) is 7.14. The van der Waals surface area contributed by atoms with Gasteiger partial charge in [0.1, 0.15) is 5.82 Å². The molecule has 0 aromatic carbocycles. The molecule has 1 aromatic rings. The highest BCUT2D eigenvalue weighted by molar-refractivity contribution is 9.10. The minimum absolute atomic E-state index is 0.139. The van der Waals surface area contributed by atoms with Crippen molar-refractivity contribution in [2.45, 2.75) is 38.1 Å². The minimum atomic E-state index is -0.222. The summed E-state index contributed by atoms with van der Waals surface area (Å²) in [5.41, 5.74) is -0.222. The van der Waals surface area contributed by atoms with E-state index < -0.39 is 0 Å². The van der Waals surface area contributed by atoms with Gasteiger partial charge in [0.2, 0.25) is 5.95 Å². The third kappa shape index (κ3) is 2.92. The van der Waals surface area contributed by atoms with Crippen LogP contribution in [0, 0.1) is 0 Å². The molecular weight excluding hydrogens is 296 g/mol. The molecule has 1 fully saturated rings. The largest absolute Gasteiger partial charge is 0.394 e. The molecule has 1 heterocycles. The van der Waals surface area contributed by atoms with Crippen LogP contribution in [0.1, 0.15) is 32.6 Å². The SMILES string of the molecule is CCNc1ncc(Br)c(NC2(CO)CCCC2)n1. The van der Waals surface area contributed by atoms with Gasteiger partial charge in [-0.2, -0.15) is 4.98 Å². The minimum Gasteiger partial charge on any atom is -0.394 e. The van der Waals surface area contributed by atoms with Crippen LogP contribution in [-0.2, 0) is 0 Å². The molecule has 0 bridgehead atoms. The number of hydrogen-bond donors (Lipinski definition) is 3. The highest BCUT2D eigenvalue weighted by Crippen LogP contribution is 2.34. The molecule has 2 rings (SSSR count). The van der Waals surface area contributed by atoms with Crippen LogP contribution in [-0.4, -0.2) is 33.8 Å². The van der Waals surface area contributed by atoms with Gasteiger partial charge in [0, 0.05) is 12.7 Å². The summed E-state index contributed by atoms with van der Waals surface area (Å²) in [5, 5.41) is 16.1. The van der Waals surface area contributed by atoms with Crippen LogP contribution in [0.3, 0.4) is 0 Å². The van der Waals surface area contributed by atoms with E-state index in [0.29, 0.717) is 5.95 Å². The van der Waals surface area contributed by atoms with E-state index in [4.69, 9.17) is 0 Å². The molecule has 0 radical (unpaired) electrons. The predicted molar refractivity (Wildman–Crippen MR) is 75.8 cm³/mol. The van der Waals surface area contributed by atoms with Crippen molar-refractivity contribution >= 4 is 27.7 Å². The Balaban J connectivity index is 2.19. The van der Waals surface area contributed by atoms with Gasteiger partial charge in [0.25, 0.3) is 0 Å². The van der Waals surface area contributed by atoms with Gasteiger partial charge in [-0.3, -0.25) is 0 Å². The maximum Gasteiger partial charge on any atom is 0.224 e. The summed E-state index contributed by atoms with van der Waals surface area (Å²) in [6.45, 7) is 2.93. The smallest absolute Gasteiger partial charge is 0.224 e. The summed E-state index contributed by atoms with van der Waals surface area (Å²) >= 11 is 3.45. The average molecular weight is 315 g/mol. The third-order valence-corrected chi connectivity index (χ3v) is 3.91. The number of rotatable bonds is 5. The maximum atomic E-state index is 9.60. The maximum absolute atomic E-state index is 9.60. The number of halogens is 1. The van der Waals surface area contributed by atoms with Crippen molar-refractivity contribution in [2.75, 3.05) is 23.8 Å². The van der Waals surface area contributed by atoms with E-state index in [1.807, 2.05) is 6.92 Å². The molecule has 1 aliphatic carbocycles. The Morgan fingerprint density at radius 3 is 2.78 bits per heavy atom. The summed E-state index contributed by atoms with van der Waals surface area (Å²) < 4.78 is 0.823. The second-order valence-electron chi connectivity index (χ2n) is 4.69. The lowest BCUT2D eigenvalue weighted by Gasteiger charge is -2.29. The van der Waals surface area contributed by atoms with Gasteiger partial charge in [-0.05, 0) is 35.7 Å². The lowest BCUT2D eigenvalue weighted by atomic mass is 9.99. The van der Waals surface area contributed by atoms with Crippen molar-refractivity contribution in [2.24, 2.45) is 0 Å². The summed E-state index contributed by atoms with van der Waals surface area (Å²) in [6, 6.07) is 0. The van der Waals surface area contributed by atoms with E-state index in [0.717, 1.165) is 42.5 Å². The molecule has 0 atom stereocenters. The summed E-state index contributed by atoms with van der Waals surface area (Å²) in [6.07, 6.45) is 5.99. The summed E-state index contributed by atoms with van der Waals surface area (Å²) in [5.74, 6) is 1.35. The van der Waals surface area contributed by atoms with Crippen molar-refractivity contribution in [1.82, 2.24) is 9.97 Å². The van der Waals surface area contributed by atoms with E-state index in [1.54, 1.807) is 6.20 Å². The normalized spacial score (nSPS) is 17.7. The predicted octanol–water partition coefficient (Wildman–Crippen LogP) is 2.39. The average Bonchev–Trinajstić information content (AvgIpc) is 2.83. The molecule has 3 N–H and O–H groups in total. The van der Waals surface area contributed by atoms with Gasteiger partial charge in [-0.15, -0.1) is 0 Å². The zero-order valence-corrected chi connectivity index (χ0v) is 12.1. The van der Waals surface area contributed by atoms with E-state index in [-0.39, 0.29) is 12.1 Å². The Morgan fingerprint density at radius 1 is 1.44 bits per heavy atom. The van der Waals surface area contributed by atoms with Gasteiger partial charge in [-0.25, -0.2) is 4.98 Å². The highest BCUT2D eigenvalue weighted by atomic mass is 79.9. The Kier molecular flexibility index (Phi) is 4.40. The Labute approximate surface area is 116 Å². The number of aromatic nitrogens is 2. The topological polar surface area (TPSA) is 70.1 Å². The van der Waals surface area contributed by atoms with Crippen LogP contribution in [0.5, 0.6) is 0 Å². The van der Waals surface area contributed by atoms with E-state index >= 15 is 0 Å². The number of nitrogens with zero attached hydrogens (tertiary/aromatic N) is 2. The van der Waals surface area contributed by atoms with Crippen molar-refractivity contribution in [3.05, 3.63) is 10.7 Å². The fourth-order valence-electron chi connectivity index (χ4n) is 2.32. The first-order chi connectivity index (χ1) is 8.69. The fraction of sp³-hybridized carbons (Fsp3) is 0.667. The van der Waals surface area contributed by atoms with Gasteiger partial charge in [0.05, 0.1) is 16.6 Å². The first kappa shape index (κ1) is 13.5.